The molecule has 0 aromatic carbocycles. The van der Waals surface area contributed by atoms with E-state index >= 15 is 0 Å². The number of rotatable bonds is 4. The second-order valence-corrected chi connectivity index (χ2v) is 4.70. The number of nitrogens with one attached hydrogen (secondary N) is 1. The number of hydrogen-bond donors (Lipinski definition) is 2. The molecule has 1 aliphatic rings. The van der Waals surface area contributed by atoms with Crippen molar-refractivity contribution < 1.29 is 9.59 Å². The lowest BCUT2D eigenvalue weighted by atomic mass is 9.96. The molecular weight excluding hydrogens is 254 g/mol. The molecule has 1 heterocycles. The standard InChI is InChI=1S/C12H23N3O2.ClH/c1-3-6-14-11(16)10-5-4-7-15(8-10)12(17)9(2)13;/h9-10H,3-8,13H2,1-2H3,(H,14,16);1H/t9-,10?;/m1./s1. The summed E-state index contributed by atoms with van der Waals surface area (Å²) in [6.07, 6.45) is 2.67. The maximum Gasteiger partial charge on any atom is 0.239 e. The van der Waals surface area contributed by atoms with Crippen LogP contribution in [0.3, 0.4) is 0 Å². The minimum Gasteiger partial charge on any atom is -0.356 e. The maximum atomic E-state index is 11.8. The predicted octanol–water partition coefficient (Wildman–Crippen LogP) is 0.520. The van der Waals surface area contributed by atoms with Crippen molar-refractivity contribution >= 4 is 24.2 Å². The van der Waals surface area contributed by atoms with Gasteiger partial charge in [0.25, 0.3) is 0 Å². The van der Waals surface area contributed by atoms with Gasteiger partial charge in [0.1, 0.15) is 0 Å². The minimum absolute atomic E-state index is 0. The third-order valence-corrected chi connectivity index (χ3v) is 3.04. The smallest absolute Gasteiger partial charge is 0.239 e. The van der Waals surface area contributed by atoms with Gasteiger partial charge in [-0.25, -0.2) is 0 Å². The molecular formula is C12H24ClN3O2. The van der Waals surface area contributed by atoms with Gasteiger partial charge < -0.3 is 16.0 Å². The lowest BCUT2D eigenvalue weighted by molar-refractivity contribution is -0.136. The summed E-state index contributed by atoms with van der Waals surface area (Å²) in [4.78, 5) is 25.3. The number of carbonyl (C=O) groups excluding carboxylic acids is 2. The number of carbonyl (C=O) groups is 2. The Morgan fingerprint density at radius 2 is 2.17 bits per heavy atom. The van der Waals surface area contributed by atoms with E-state index in [4.69, 9.17) is 5.73 Å². The van der Waals surface area contributed by atoms with Crippen LogP contribution in [-0.4, -0.2) is 42.4 Å². The molecule has 2 atom stereocenters. The summed E-state index contributed by atoms with van der Waals surface area (Å²) in [5, 5.41) is 2.88. The van der Waals surface area contributed by atoms with Crippen LogP contribution in [-0.2, 0) is 9.59 Å². The number of hydrogen-bond acceptors (Lipinski definition) is 3. The average molecular weight is 278 g/mol. The van der Waals surface area contributed by atoms with Crippen LogP contribution in [0.25, 0.3) is 0 Å². The molecule has 0 spiro atoms. The van der Waals surface area contributed by atoms with Gasteiger partial charge in [-0.15, -0.1) is 12.4 Å². The first-order valence-electron chi connectivity index (χ1n) is 6.38. The second kappa shape index (κ2) is 8.32. The van der Waals surface area contributed by atoms with E-state index < -0.39 is 6.04 Å². The fraction of sp³-hybridized carbons (Fsp3) is 0.833. The van der Waals surface area contributed by atoms with Crippen LogP contribution in [0.5, 0.6) is 0 Å². The van der Waals surface area contributed by atoms with E-state index in [0.29, 0.717) is 13.1 Å². The topological polar surface area (TPSA) is 75.4 Å². The van der Waals surface area contributed by atoms with E-state index in [1.54, 1.807) is 11.8 Å². The molecule has 0 radical (unpaired) electrons. The van der Waals surface area contributed by atoms with E-state index in [2.05, 4.69) is 5.32 Å². The molecule has 1 saturated heterocycles. The van der Waals surface area contributed by atoms with E-state index in [0.717, 1.165) is 25.8 Å². The van der Waals surface area contributed by atoms with Crippen molar-refractivity contribution in [3.05, 3.63) is 0 Å². The van der Waals surface area contributed by atoms with Crippen molar-refractivity contribution in [2.45, 2.75) is 39.2 Å². The third kappa shape index (κ3) is 4.82. The summed E-state index contributed by atoms with van der Waals surface area (Å²) in [5.41, 5.74) is 5.58. The molecule has 0 bridgehead atoms. The molecule has 0 aromatic rings. The minimum atomic E-state index is -0.479. The zero-order valence-corrected chi connectivity index (χ0v) is 12.0. The summed E-state index contributed by atoms with van der Waals surface area (Å²) in [5.74, 6) is -0.0648. The van der Waals surface area contributed by atoms with Gasteiger partial charge in [0.05, 0.1) is 12.0 Å². The Hall–Kier alpha value is -0.810. The van der Waals surface area contributed by atoms with Gasteiger partial charge in [-0.2, -0.15) is 0 Å². The van der Waals surface area contributed by atoms with Crippen LogP contribution in [0, 0.1) is 5.92 Å². The zero-order valence-electron chi connectivity index (χ0n) is 11.1. The molecule has 5 nitrogen and oxygen atoms in total. The molecule has 1 unspecified atom stereocenters. The lowest BCUT2D eigenvalue weighted by Crippen LogP contribution is -2.49. The SMILES string of the molecule is CCCNC(=O)C1CCCN(C(=O)[C@@H](C)N)C1.Cl. The normalized spacial score (nSPS) is 20.8. The van der Waals surface area contributed by atoms with Crippen LogP contribution >= 0.6 is 12.4 Å². The first kappa shape index (κ1) is 17.2. The molecule has 2 amide bonds. The fourth-order valence-electron chi connectivity index (χ4n) is 2.07. The number of amides is 2. The van der Waals surface area contributed by atoms with Crippen LogP contribution in [0.2, 0.25) is 0 Å². The molecule has 1 rings (SSSR count). The van der Waals surface area contributed by atoms with Crippen LogP contribution < -0.4 is 11.1 Å². The first-order valence-corrected chi connectivity index (χ1v) is 6.38. The van der Waals surface area contributed by atoms with E-state index in [9.17, 15) is 9.59 Å². The molecule has 0 saturated carbocycles. The summed E-state index contributed by atoms with van der Waals surface area (Å²) < 4.78 is 0. The Labute approximate surface area is 115 Å². The maximum absolute atomic E-state index is 11.8. The van der Waals surface area contributed by atoms with Gasteiger partial charge in [0, 0.05) is 19.6 Å². The first-order chi connectivity index (χ1) is 8.06. The Morgan fingerprint density at radius 3 is 2.72 bits per heavy atom. The predicted molar refractivity (Wildman–Crippen MR) is 73.5 cm³/mol. The summed E-state index contributed by atoms with van der Waals surface area (Å²) in [6, 6.07) is -0.479. The summed E-state index contributed by atoms with van der Waals surface area (Å²) >= 11 is 0. The Kier molecular flexibility index (Phi) is 7.95. The molecule has 0 aliphatic carbocycles. The number of piperidine rings is 1. The van der Waals surface area contributed by atoms with E-state index in [1.165, 1.54) is 0 Å². The van der Waals surface area contributed by atoms with Crippen molar-refractivity contribution in [1.82, 2.24) is 10.2 Å². The Balaban J connectivity index is 0.00000289. The second-order valence-electron chi connectivity index (χ2n) is 4.70. The van der Waals surface area contributed by atoms with Crippen molar-refractivity contribution in [2.24, 2.45) is 11.7 Å². The highest BCUT2D eigenvalue weighted by Gasteiger charge is 2.29. The Morgan fingerprint density at radius 1 is 1.50 bits per heavy atom. The molecule has 0 aromatic heterocycles. The van der Waals surface area contributed by atoms with E-state index in [-0.39, 0.29) is 30.1 Å². The van der Waals surface area contributed by atoms with Gasteiger partial charge in [0.15, 0.2) is 0 Å². The van der Waals surface area contributed by atoms with Gasteiger partial charge in [-0.05, 0) is 26.2 Å². The average Bonchev–Trinajstić information content (AvgIpc) is 2.35. The Bertz CT molecular complexity index is 284. The highest BCUT2D eigenvalue weighted by atomic mass is 35.5. The van der Waals surface area contributed by atoms with Crippen LogP contribution in [0.1, 0.15) is 33.1 Å². The highest BCUT2D eigenvalue weighted by molar-refractivity contribution is 5.85. The molecule has 106 valence electrons. The van der Waals surface area contributed by atoms with Crippen LogP contribution in [0.4, 0.5) is 0 Å². The van der Waals surface area contributed by atoms with Gasteiger partial charge in [0.2, 0.25) is 11.8 Å². The summed E-state index contributed by atoms with van der Waals surface area (Å²) in [7, 11) is 0. The third-order valence-electron chi connectivity index (χ3n) is 3.04. The quantitative estimate of drug-likeness (QED) is 0.787. The van der Waals surface area contributed by atoms with E-state index in [1.807, 2.05) is 6.92 Å². The monoisotopic (exact) mass is 277 g/mol. The molecule has 18 heavy (non-hydrogen) atoms. The fourth-order valence-corrected chi connectivity index (χ4v) is 2.07. The number of nitrogens with zero attached hydrogens (tertiary/aromatic N) is 1. The van der Waals surface area contributed by atoms with Crippen molar-refractivity contribution in [3.8, 4) is 0 Å². The molecule has 3 N–H and O–H groups in total. The molecule has 1 aliphatic heterocycles. The van der Waals surface area contributed by atoms with Crippen LogP contribution in [0.15, 0.2) is 0 Å². The lowest BCUT2D eigenvalue weighted by Gasteiger charge is -2.33. The molecule has 6 heteroatoms. The summed E-state index contributed by atoms with van der Waals surface area (Å²) in [6.45, 7) is 5.64. The van der Waals surface area contributed by atoms with Gasteiger partial charge in [-0.3, -0.25) is 9.59 Å². The van der Waals surface area contributed by atoms with Gasteiger partial charge >= 0.3 is 0 Å². The number of halogens is 1. The highest BCUT2D eigenvalue weighted by Crippen LogP contribution is 2.17. The van der Waals surface area contributed by atoms with Gasteiger partial charge in [-0.1, -0.05) is 6.92 Å². The number of nitrogens with two attached hydrogens (primary N) is 1. The van der Waals surface area contributed by atoms with Crippen molar-refractivity contribution in [3.63, 3.8) is 0 Å². The zero-order chi connectivity index (χ0) is 12.8. The molecule has 1 fully saturated rings. The largest absolute Gasteiger partial charge is 0.356 e. The number of likely N-dealkylation sites (tertiary alicyclic amines) is 1. The van der Waals surface area contributed by atoms with Crippen molar-refractivity contribution in [2.75, 3.05) is 19.6 Å². The van der Waals surface area contributed by atoms with Crippen molar-refractivity contribution in [1.29, 1.82) is 0 Å².